The molecular weight excluding hydrogens is 250 g/mol. The first-order valence-electron chi connectivity index (χ1n) is 6.34. The highest BCUT2D eigenvalue weighted by molar-refractivity contribution is 5.36. The zero-order valence-corrected chi connectivity index (χ0v) is 11.0. The molecule has 0 bridgehead atoms. The summed E-state index contributed by atoms with van der Waals surface area (Å²) in [6, 6.07) is 0.230. The SMILES string of the molecule is CCOCCOc1nc(N)nc(N2CCOCC2)n1. The van der Waals surface area contributed by atoms with Crippen molar-refractivity contribution in [3.05, 3.63) is 0 Å². The van der Waals surface area contributed by atoms with Gasteiger partial charge in [-0.15, -0.1) is 0 Å². The zero-order chi connectivity index (χ0) is 13.5. The molecule has 1 aromatic heterocycles. The Morgan fingerprint density at radius 3 is 2.74 bits per heavy atom. The summed E-state index contributed by atoms with van der Waals surface area (Å²) >= 11 is 0. The van der Waals surface area contributed by atoms with Crippen molar-refractivity contribution in [3.8, 4) is 6.01 Å². The molecule has 0 aromatic carbocycles. The van der Waals surface area contributed by atoms with Gasteiger partial charge in [0, 0.05) is 19.7 Å². The zero-order valence-electron chi connectivity index (χ0n) is 11.0. The number of anilines is 2. The number of aromatic nitrogens is 3. The second-order valence-electron chi connectivity index (χ2n) is 3.92. The lowest BCUT2D eigenvalue weighted by atomic mass is 10.4. The minimum atomic E-state index is 0.155. The third-order valence-electron chi connectivity index (χ3n) is 2.58. The molecule has 2 N–H and O–H groups in total. The van der Waals surface area contributed by atoms with Crippen LogP contribution >= 0.6 is 0 Å². The van der Waals surface area contributed by atoms with Crippen LogP contribution in [0.5, 0.6) is 6.01 Å². The first-order chi connectivity index (χ1) is 9.29. The van der Waals surface area contributed by atoms with Gasteiger partial charge in [-0.1, -0.05) is 0 Å². The Morgan fingerprint density at radius 2 is 2.00 bits per heavy atom. The van der Waals surface area contributed by atoms with Gasteiger partial charge in [0.15, 0.2) is 0 Å². The number of hydrogen-bond acceptors (Lipinski definition) is 8. The first-order valence-corrected chi connectivity index (χ1v) is 6.34. The number of ether oxygens (including phenoxy) is 3. The van der Waals surface area contributed by atoms with Crippen molar-refractivity contribution >= 4 is 11.9 Å². The van der Waals surface area contributed by atoms with E-state index in [0.717, 1.165) is 13.1 Å². The normalized spacial score (nSPS) is 15.5. The van der Waals surface area contributed by atoms with E-state index < -0.39 is 0 Å². The van der Waals surface area contributed by atoms with Gasteiger partial charge < -0.3 is 24.8 Å². The van der Waals surface area contributed by atoms with E-state index in [2.05, 4.69) is 15.0 Å². The van der Waals surface area contributed by atoms with Crippen LogP contribution in [0.4, 0.5) is 11.9 Å². The van der Waals surface area contributed by atoms with Crippen LogP contribution in [-0.4, -0.2) is 61.1 Å². The molecule has 1 aliphatic rings. The molecule has 106 valence electrons. The summed E-state index contributed by atoms with van der Waals surface area (Å²) in [5.74, 6) is 0.685. The smallest absolute Gasteiger partial charge is 0.323 e. The van der Waals surface area contributed by atoms with Crippen LogP contribution in [0, 0.1) is 0 Å². The number of nitrogen functional groups attached to an aromatic ring is 1. The van der Waals surface area contributed by atoms with Gasteiger partial charge in [-0.05, 0) is 6.92 Å². The Bertz CT molecular complexity index is 398. The van der Waals surface area contributed by atoms with Gasteiger partial charge in [-0.2, -0.15) is 15.0 Å². The van der Waals surface area contributed by atoms with Gasteiger partial charge in [0.25, 0.3) is 0 Å². The molecule has 0 radical (unpaired) electrons. The van der Waals surface area contributed by atoms with Gasteiger partial charge >= 0.3 is 6.01 Å². The Kier molecular flexibility index (Phi) is 5.10. The van der Waals surface area contributed by atoms with Crippen molar-refractivity contribution < 1.29 is 14.2 Å². The van der Waals surface area contributed by atoms with E-state index in [-0.39, 0.29) is 12.0 Å². The minimum Gasteiger partial charge on any atom is -0.461 e. The molecule has 8 nitrogen and oxygen atoms in total. The lowest BCUT2D eigenvalue weighted by Gasteiger charge is -2.26. The maximum atomic E-state index is 5.67. The predicted octanol–water partition coefficient (Wildman–Crippen LogP) is -0.294. The third kappa shape index (κ3) is 4.18. The topological polar surface area (TPSA) is 95.6 Å². The van der Waals surface area contributed by atoms with Crippen LogP contribution in [0.3, 0.4) is 0 Å². The molecule has 0 saturated carbocycles. The summed E-state index contributed by atoms with van der Waals surface area (Å²) in [6.45, 7) is 6.26. The van der Waals surface area contributed by atoms with Crippen molar-refractivity contribution in [1.29, 1.82) is 0 Å². The molecule has 0 unspecified atom stereocenters. The van der Waals surface area contributed by atoms with Crippen LogP contribution in [0.25, 0.3) is 0 Å². The van der Waals surface area contributed by atoms with Gasteiger partial charge in [-0.25, -0.2) is 0 Å². The molecule has 0 atom stereocenters. The van der Waals surface area contributed by atoms with Crippen LogP contribution in [0.1, 0.15) is 6.92 Å². The summed E-state index contributed by atoms with van der Waals surface area (Å²) in [4.78, 5) is 14.3. The molecule has 8 heteroatoms. The fraction of sp³-hybridized carbons (Fsp3) is 0.727. The highest BCUT2D eigenvalue weighted by Gasteiger charge is 2.16. The van der Waals surface area contributed by atoms with E-state index in [1.54, 1.807) is 0 Å². The number of nitrogens with two attached hydrogens (primary N) is 1. The Balaban J connectivity index is 1.97. The van der Waals surface area contributed by atoms with Gasteiger partial charge in [0.05, 0.1) is 19.8 Å². The predicted molar refractivity (Wildman–Crippen MR) is 69.3 cm³/mol. The van der Waals surface area contributed by atoms with Gasteiger partial charge in [-0.3, -0.25) is 0 Å². The highest BCUT2D eigenvalue weighted by Crippen LogP contribution is 2.14. The van der Waals surface area contributed by atoms with Gasteiger partial charge in [0.2, 0.25) is 11.9 Å². The molecule has 1 saturated heterocycles. The fourth-order valence-electron chi connectivity index (χ4n) is 1.67. The lowest BCUT2D eigenvalue weighted by Crippen LogP contribution is -2.37. The molecule has 1 aliphatic heterocycles. The monoisotopic (exact) mass is 269 g/mol. The number of nitrogens with zero attached hydrogens (tertiary/aromatic N) is 4. The van der Waals surface area contributed by atoms with Crippen molar-refractivity contribution in [3.63, 3.8) is 0 Å². The molecule has 1 aromatic rings. The average Bonchev–Trinajstić information content (AvgIpc) is 2.44. The maximum Gasteiger partial charge on any atom is 0.323 e. The second kappa shape index (κ2) is 7.05. The molecule has 0 aliphatic carbocycles. The van der Waals surface area contributed by atoms with E-state index in [4.69, 9.17) is 19.9 Å². The summed E-state index contributed by atoms with van der Waals surface area (Å²) in [6.07, 6.45) is 0. The van der Waals surface area contributed by atoms with Crippen molar-refractivity contribution in [2.75, 3.05) is 56.8 Å². The summed E-state index contributed by atoms with van der Waals surface area (Å²) in [7, 11) is 0. The Morgan fingerprint density at radius 1 is 1.21 bits per heavy atom. The molecule has 0 spiro atoms. The Labute approximate surface area is 111 Å². The summed E-state index contributed by atoms with van der Waals surface area (Å²) in [5, 5.41) is 0. The van der Waals surface area contributed by atoms with Crippen LogP contribution in [0.2, 0.25) is 0 Å². The van der Waals surface area contributed by atoms with Crippen molar-refractivity contribution in [1.82, 2.24) is 15.0 Å². The Hall–Kier alpha value is -1.67. The second-order valence-corrected chi connectivity index (χ2v) is 3.92. The molecule has 0 amide bonds. The third-order valence-corrected chi connectivity index (χ3v) is 2.58. The van der Waals surface area contributed by atoms with Crippen molar-refractivity contribution in [2.24, 2.45) is 0 Å². The largest absolute Gasteiger partial charge is 0.461 e. The maximum absolute atomic E-state index is 5.67. The first kappa shape index (κ1) is 13.8. The minimum absolute atomic E-state index is 0.155. The molecule has 19 heavy (non-hydrogen) atoms. The molecule has 1 fully saturated rings. The highest BCUT2D eigenvalue weighted by atomic mass is 16.5. The standard InChI is InChI=1S/C11H19N5O3/c1-2-17-7-8-19-11-14-9(12)13-10(15-11)16-3-5-18-6-4-16/h2-8H2,1H3,(H2,12,13,14,15). The van der Waals surface area contributed by atoms with Crippen LogP contribution in [0.15, 0.2) is 0 Å². The van der Waals surface area contributed by atoms with Gasteiger partial charge in [0.1, 0.15) is 6.61 Å². The average molecular weight is 269 g/mol. The summed E-state index contributed by atoms with van der Waals surface area (Å²) < 4.78 is 15.9. The number of rotatable bonds is 6. The number of morpholine rings is 1. The van der Waals surface area contributed by atoms with E-state index in [0.29, 0.717) is 39.0 Å². The van der Waals surface area contributed by atoms with E-state index in [9.17, 15) is 0 Å². The molecule has 2 rings (SSSR count). The number of hydrogen-bond donors (Lipinski definition) is 1. The molecular formula is C11H19N5O3. The quantitative estimate of drug-likeness (QED) is 0.704. The van der Waals surface area contributed by atoms with E-state index in [1.807, 2.05) is 11.8 Å². The van der Waals surface area contributed by atoms with E-state index >= 15 is 0 Å². The summed E-state index contributed by atoms with van der Waals surface area (Å²) in [5.41, 5.74) is 5.67. The fourth-order valence-corrected chi connectivity index (χ4v) is 1.67. The van der Waals surface area contributed by atoms with Crippen LogP contribution in [-0.2, 0) is 9.47 Å². The molecule has 2 heterocycles. The van der Waals surface area contributed by atoms with E-state index in [1.165, 1.54) is 0 Å². The lowest BCUT2D eigenvalue weighted by molar-refractivity contribution is 0.106. The van der Waals surface area contributed by atoms with Crippen LogP contribution < -0.4 is 15.4 Å². The van der Waals surface area contributed by atoms with Crippen molar-refractivity contribution in [2.45, 2.75) is 6.92 Å².